The van der Waals surface area contributed by atoms with Crippen LogP contribution in [0.1, 0.15) is 12.0 Å². The normalized spacial score (nSPS) is 12.6. The first-order valence-corrected chi connectivity index (χ1v) is 11.8. The number of amides is 2. The number of urea groups is 1. The molecule has 2 amide bonds. The van der Waals surface area contributed by atoms with Crippen molar-refractivity contribution in [1.82, 2.24) is 9.29 Å². The molecule has 0 saturated heterocycles. The van der Waals surface area contributed by atoms with Crippen LogP contribution in [0.3, 0.4) is 0 Å². The fourth-order valence-electron chi connectivity index (χ4n) is 3.56. The Morgan fingerprint density at radius 1 is 1.15 bits per heavy atom. The van der Waals surface area contributed by atoms with E-state index in [0.29, 0.717) is 46.8 Å². The number of carbonyl (C=O) groups excluding carboxylic acids is 1. The molecule has 1 aliphatic heterocycles. The van der Waals surface area contributed by atoms with Crippen LogP contribution in [0.15, 0.2) is 47.5 Å². The minimum Gasteiger partial charge on any atom is -0.481 e. The number of rotatable bonds is 9. The predicted octanol–water partition coefficient (Wildman–Crippen LogP) is 2.39. The van der Waals surface area contributed by atoms with Crippen LogP contribution >= 0.6 is 0 Å². The van der Waals surface area contributed by atoms with Gasteiger partial charge < -0.3 is 30.0 Å². The molecule has 12 heteroatoms. The number of benzene rings is 2. The summed E-state index contributed by atoms with van der Waals surface area (Å²) in [4.78, 5) is 23.0. The highest BCUT2D eigenvalue weighted by Crippen LogP contribution is 2.39. The number of aromatic nitrogens is 1. The van der Waals surface area contributed by atoms with E-state index in [0.717, 1.165) is 3.97 Å². The highest BCUT2D eigenvalue weighted by molar-refractivity contribution is 7.90. The molecule has 34 heavy (non-hydrogen) atoms. The number of carboxylic acids is 1. The number of hydrogen-bond donors (Lipinski definition) is 3. The molecule has 3 N–H and O–H groups in total. The third kappa shape index (κ3) is 4.77. The summed E-state index contributed by atoms with van der Waals surface area (Å²) in [5.74, 6) is -0.108. The number of aryl methyl sites for hydroxylation is 1. The van der Waals surface area contributed by atoms with Gasteiger partial charge in [0.15, 0.2) is 11.5 Å². The molecule has 0 atom stereocenters. The number of fused-ring (bicyclic) bond motifs is 2. The van der Waals surface area contributed by atoms with Crippen molar-refractivity contribution < 1.29 is 37.3 Å². The molecule has 0 fully saturated rings. The van der Waals surface area contributed by atoms with Crippen LogP contribution in [0.5, 0.6) is 11.5 Å². The van der Waals surface area contributed by atoms with Crippen LogP contribution < -0.4 is 20.1 Å². The largest absolute Gasteiger partial charge is 0.481 e. The van der Waals surface area contributed by atoms with Crippen molar-refractivity contribution in [2.24, 2.45) is 0 Å². The summed E-state index contributed by atoms with van der Waals surface area (Å²) in [6, 6.07) is 8.52. The van der Waals surface area contributed by atoms with Crippen LogP contribution in [0.4, 0.5) is 10.5 Å². The third-order valence-corrected chi connectivity index (χ3v) is 6.90. The Morgan fingerprint density at radius 2 is 1.85 bits per heavy atom. The quantitative estimate of drug-likeness (QED) is 0.389. The lowest BCUT2D eigenvalue weighted by atomic mass is 10.1. The average Bonchev–Trinajstić information content (AvgIpc) is 3.41. The van der Waals surface area contributed by atoms with Crippen molar-refractivity contribution >= 4 is 38.6 Å². The van der Waals surface area contributed by atoms with Crippen molar-refractivity contribution in [1.29, 1.82) is 0 Å². The molecule has 1 aliphatic rings. The number of methoxy groups -OCH3 is 1. The molecular weight excluding hydrogens is 466 g/mol. The molecule has 2 aromatic carbocycles. The van der Waals surface area contributed by atoms with Crippen molar-refractivity contribution in [3.8, 4) is 11.5 Å². The Morgan fingerprint density at radius 3 is 2.53 bits per heavy atom. The van der Waals surface area contributed by atoms with Crippen LogP contribution in [-0.2, 0) is 26.0 Å². The van der Waals surface area contributed by atoms with E-state index in [9.17, 15) is 18.0 Å². The average molecular weight is 490 g/mol. The van der Waals surface area contributed by atoms with E-state index in [1.54, 1.807) is 12.1 Å². The van der Waals surface area contributed by atoms with Gasteiger partial charge in [-0.2, -0.15) is 0 Å². The SMILES string of the molecule is COCCNC(=O)Nc1ccc(S(=O)(=O)n2cc(CCC(=O)O)c3cc4c(cc32)OCO4)cc1. The number of hydrogen-bond acceptors (Lipinski definition) is 7. The van der Waals surface area contributed by atoms with Gasteiger partial charge in [-0.15, -0.1) is 0 Å². The molecule has 0 unspecified atom stereocenters. The Hall–Kier alpha value is -3.77. The van der Waals surface area contributed by atoms with Crippen molar-refractivity contribution in [2.75, 3.05) is 32.4 Å². The molecule has 3 aromatic rings. The van der Waals surface area contributed by atoms with Gasteiger partial charge in [0.05, 0.1) is 17.0 Å². The minimum absolute atomic E-state index is 0.00260. The third-order valence-electron chi connectivity index (χ3n) is 5.22. The minimum atomic E-state index is -4.04. The molecule has 1 aromatic heterocycles. The number of nitrogens with one attached hydrogen (secondary N) is 2. The molecule has 2 heterocycles. The molecule has 0 spiro atoms. The van der Waals surface area contributed by atoms with Crippen LogP contribution in [0, 0.1) is 0 Å². The number of carbonyl (C=O) groups is 2. The zero-order valence-electron chi connectivity index (χ0n) is 18.2. The Bertz CT molecular complexity index is 1330. The Balaban J connectivity index is 1.65. The highest BCUT2D eigenvalue weighted by atomic mass is 32.2. The van der Waals surface area contributed by atoms with Crippen molar-refractivity contribution in [3.05, 3.63) is 48.2 Å². The van der Waals surface area contributed by atoms with Gasteiger partial charge in [-0.1, -0.05) is 0 Å². The summed E-state index contributed by atoms with van der Waals surface area (Å²) in [7, 11) is -2.51. The van der Waals surface area contributed by atoms with Crippen LogP contribution in [-0.4, -0.2) is 56.6 Å². The summed E-state index contributed by atoms with van der Waals surface area (Å²) in [5, 5.41) is 14.9. The summed E-state index contributed by atoms with van der Waals surface area (Å²) >= 11 is 0. The number of anilines is 1. The first-order valence-electron chi connectivity index (χ1n) is 10.3. The molecule has 0 aliphatic carbocycles. The summed E-state index contributed by atoms with van der Waals surface area (Å²) < 4.78 is 43.7. The number of carboxylic acid groups (broad SMARTS) is 1. The lowest BCUT2D eigenvalue weighted by Crippen LogP contribution is -2.31. The topological polar surface area (TPSA) is 145 Å². The number of nitrogens with zero attached hydrogens (tertiary/aromatic N) is 1. The second-order valence-electron chi connectivity index (χ2n) is 7.47. The standard InChI is InChI=1S/C22H23N3O8S/c1-31-9-8-23-22(28)24-15-3-5-16(6-4-15)34(29,30)25-12-14(2-7-21(26)27)17-10-19-20(11-18(17)25)33-13-32-19/h3-6,10-12H,2,7-9,13H2,1H3,(H,26,27)(H2,23,24,28). The molecule has 11 nitrogen and oxygen atoms in total. The molecular formula is C22H23N3O8S. The number of aliphatic carboxylic acids is 1. The van der Waals surface area contributed by atoms with Crippen molar-refractivity contribution in [2.45, 2.75) is 17.7 Å². The monoisotopic (exact) mass is 489 g/mol. The van der Waals surface area contributed by atoms with Gasteiger partial charge in [0.1, 0.15) is 0 Å². The van der Waals surface area contributed by atoms with E-state index in [1.807, 2.05) is 0 Å². The highest BCUT2D eigenvalue weighted by Gasteiger charge is 2.25. The maximum absolute atomic E-state index is 13.5. The molecule has 4 rings (SSSR count). The van der Waals surface area contributed by atoms with E-state index in [1.165, 1.54) is 37.6 Å². The fourth-order valence-corrected chi connectivity index (χ4v) is 4.94. The lowest BCUT2D eigenvalue weighted by Gasteiger charge is -2.10. The first kappa shape index (κ1) is 23.4. The smallest absolute Gasteiger partial charge is 0.319 e. The second-order valence-corrected chi connectivity index (χ2v) is 9.28. The van der Waals surface area contributed by atoms with E-state index >= 15 is 0 Å². The van der Waals surface area contributed by atoms with Gasteiger partial charge >= 0.3 is 12.0 Å². The van der Waals surface area contributed by atoms with Gasteiger partial charge in [0.2, 0.25) is 6.79 Å². The summed E-state index contributed by atoms with van der Waals surface area (Å²) in [6.45, 7) is 0.717. The summed E-state index contributed by atoms with van der Waals surface area (Å²) in [6.07, 6.45) is 1.42. The van der Waals surface area contributed by atoms with E-state index < -0.39 is 22.0 Å². The predicted molar refractivity (Wildman–Crippen MR) is 122 cm³/mol. The second kappa shape index (κ2) is 9.61. The summed E-state index contributed by atoms with van der Waals surface area (Å²) in [5.41, 5.74) is 1.33. The van der Waals surface area contributed by atoms with Gasteiger partial charge in [-0.05, 0) is 42.3 Å². The maximum atomic E-state index is 13.5. The molecule has 0 bridgehead atoms. The van der Waals surface area contributed by atoms with Gasteiger partial charge in [0.25, 0.3) is 10.0 Å². The van der Waals surface area contributed by atoms with Gasteiger partial charge in [-0.25, -0.2) is 17.2 Å². The van der Waals surface area contributed by atoms with Crippen LogP contribution in [0.25, 0.3) is 10.9 Å². The Kier molecular flexibility index (Phi) is 6.61. The Labute approximate surface area is 195 Å². The van der Waals surface area contributed by atoms with Gasteiger partial charge in [-0.3, -0.25) is 4.79 Å². The van der Waals surface area contributed by atoms with E-state index in [2.05, 4.69) is 10.6 Å². The van der Waals surface area contributed by atoms with E-state index in [4.69, 9.17) is 19.3 Å². The fraction of sp³-hybridized carbons (Fsp3) is 0.273. The van der Waals surface area contributed by atoms with Crippen molar-refractivity contribution in [3.63, 3.8) is 0 Å². The zero-order valence-corrected chi connectivity index (χ0v) is 19.1. The molecule has 0 radical (unpaired) electrons. The molecule has 0 saturated carbocycles. The maximum Gasteiger partial charge on any atom is 0.319 e. The van der Waals surface area contributed by atoms with Gasteiger partial charge in [0, 0.05) is 43.4 Å². The van der Waals surface area contributed by atoms with E-state index in [-0.39, 0.29) is 24.5 Å². The first-order chi connectivity index (χ1) is 16.3. The van der Waals surface area contributed by atoms with Crippen LogP contribution in [0.2, 0.25) is 0 Å². The molecule has 180 valence electrons. The lowest BCUT2D eigenvalue weighted by molar-refractivity contribution is -0.136. The zero-order chi connectivity index (χ0) is 24.3. The number of ether oxygens (including phenoxy) is 3.